The van der Waals surface area contributed by atoms with Gasteiger partial charge in [-0.2, -0.15) is 4.98 Å². The number of fused-ring (bicyclic) bond motifs is 1. The van der Waals surface area contributed by atoms with Crippen molar-refractivity contribution in [3.63, 3.8) is 0 Å². The number of nitrogens with zero attached hydrogens (tertiary/aromatic N) is 3. The highest BCUT2D eigenvalue weighted by Gasteiger charge is 2.22. The van der Waals surface area contributed by atoms with E-state index < -0.39 is 11.5 Å². The van der Waals surface area contributed by atoms with Gasteiger partial charge >= 0.3 is 5.69 Å². The minimum absolute atomic E-state index is 0.0619. The Bertz CT molecular complexity index is 1070. The summed E-state index contributed by atoms with van der Waals surface area (Å²) < 4.78 is 15.6. The number of benzene rings is 1. The second kappa shape index (κ2) is 6.67. The van der Waals surface area contributed by atoms with Gasteiger partial charge in [0.25, 0.3) is 0 Å². The summed E-state index contributed by atoms with van der Waals surface area (Å²) in [6, 6.07) is 3.18. The monoisotopic (exact) mass is 443 g/mol. The van der Waals surface area contributed by atoms with Crippen LogP contribution in [0.3, 0.4) is 0 Å². The molecule has 0 radical (unpaired) electrons. The lowest BCUT2D eigenvalue weighted by Gasteiger charge is -2.18. The van der Waals surface area contributed by atoms with Gasteiger partial charge in [0.2, 0.25) is 0 Å². The van der Waals surface area contributed by atoms with Crippen molar-refractivity contribution in [3.8, 4) is 5.69 Å². The van der Waals surface area contributed by atoms with E-state index in [1.165, 1.54) is 10.6 Å². The van der Waals surface area contributed by atoms with Crippen LogP contribution in [0.25, 0.3) is 16.6 Å². The normalized spacial score (nSPS) is 11.5. The molecule has 0 bridgehead atoms. The topological polar surface area (TPSA) is 47.8 Å². The minimum atomic E-state index is -0.657. The number of hydrogen-bond acceptors (Lipinski definition) is 3. The highest BCUT2D eigenvalue weighted by Crippen LogP contribution is 2.36. The van der Waals surface area contributed by atoms with Crippen molar-refractivity contribution in [2.24, 2.45) is 0 Å². The maximum absolute atomic E-state index is 14.2. The number of rotatable bonds is 2. The van der Waals surface area contributed by atoms with Crippen LogP contribution in [0.4, 0.5) is 4.39 Å². The number of halogens is 4. The Hall–Kier alpha value is -1.50. The van der Waals surface area contributed by atoms with E-state index in [2.05, 4.69) is 25.9 Å². The van der Waals surface area contributed by atoms with Crippen LogP contribution in [-0.4, -0.2) is 14.5 Å². The molecule has 2 heterocycles. The van der Waals surface area contributed by atoms with Crippen molar-refractivity contribution >= 4 is 50.0 Å². The highest BCUT2D eigenvalue weighted by atomic mass is 79.9. The standard InChI is InChI=1S/C17H13BrCl2FN3O/c1-7(2)14-15(8(3)4-5-22-14)24-10-6-9(19)13(21)12(18)11(10)16(20)23-17(24)25/h4-7H,1-3H3. The first-order valence-electron chi connectivity index (χ1n) is 7.45. The van der Waals surface area contributed by atoms with Gasteiger partial charge in [-0.15, -0.1) is 0 Å². The molecule has 4 nitrogen and oxygen atoms in total. The first-order valence-corrected chi connectivity index (χ1v) is 9.00. The molecular formula is C17H13BrCl2FN3O. The zero-order valence-corrected chi connectivity index (χ0v) is 16.7. The van der Waals surface area contributed by atoms with E-state index in [0.29, 0.717) is 11.2 Å². The van der Waals surface area contributed by atoms with Gasteiger partial charge in [0, 0.05) is 6.20 Å². The molecule has 0 N–H and O–H groups in total. The van der Waals surface area contributed by atoms with Gasteiger partial charge in [-0.1, -0.05) is 37.0 Å². The lowest BCUT2D eigenvalue weighted by atomic mass is 10.0. The molecule has 0 amide bonds. The molecule has 8 heteroatoms. The maximum atomic E-state index is 14.2. The Balaban J connectivity index is 2.58. The van der Waals surface area contributed by atoms with Crippen molar-refractivity contribution < 1.29 is 4.39 Å². The van der Waals surface area contributed by atoms with E-state index in [-0.39, 0.29) is 26.0 Å². The third kappa shape index (κ3) is 2.96. The second-order valence-electron chi connectivity index (χ2n) is 5.92. The Kier molecular flexibility index (Phi) is 4.88. The van der Waals surface area contributed by atoms with E-state index in [4.69, 9.17) is 23.2 Å². The van der Waals surface area contributed by atoms with Crippen molar-refractivity contribution in [2.75, 3.05) is 0 Å². The van der Waals surface area contributed by atoms with Crippen LogP contribution >= 0.6 is 39.1 Å². The summed E-state index contributed by atoms with van der Waals surface area (Å²) in [6.07, 6.45) is 1.69. The van der Waals surface area contributed by atoms with Gasteiger partial charge in [0.05, 0.1) is 31.8 Å². The predicted octanol–water partition coefficient (Wildman–Crippen LogP) is 5.42. The van der Waals surface area contributed by atoms with Gasteiger partial charge in [0.15, 0.2) is 5.82 Å². The summed E-state index contributed by atoms with van der Waals surface area (Å²) in [5, 5.41) is 0.0647. The lowest BCUT2D eigenvalue weighted by Crippen LogP contribution is -2.24. The van der Waals surface area contributed by atoms with Crippen LogP contribution in [0.1, 0.15) is 31.0 Å². The number of aryl methyl sites for hydroxylation is 1. The van der Waals surface area contributed by atoms with Gasteiger partial charge in [0.1, 0.15) is 5.15 Å². The maximum Gasteiger partial charge on any atom is 0.354 e. The smallest absolute Gasteiger partial charge is 0.259 e. The number of aromatic nitrogens is 3. The van der Waals surface area contributed by atoms with Gasteiger partial charge in [-0.25, -0.2) is 9.18 Å². The molecule has 0 aliphatic heterocycles. The molecule has 0 saturated heterocycles. The van der Waals surface area contributed by atoms with Crippen LogP contribution in [0.15, 0.2) is 27.6 Å². The zero-order valence-electron chi connectivity index (χ0n) is 13.6. The first-order chi connectivity index (χ1) is 11.7. The van der Waals surface area contributed by atoms with E-state index in [9.17, 15) is 9.18 Å². The van der Waals surface area contributed by atoms with E-state index in [1.807, 2.05) is 20.8 Å². The Morgan fingerprint density at radius 3 is 2.64 bits per heavy atom. The third-order valence-corrected chi connectivity index (χ3v) is 5.19. The first kappa shape index (κ1) is 18.3. The van der Waals surface area contributed by atoms with E-state index in [1.54, 1.807) is 12.3 Å². The van der Waals surface area contributed by atoms with Gasteiger partial charge in [-0.3, -0.25) is 9.55 Å². The molecule has 0 saturated carbocycles. The minimum Gasteiger partial charge on any atom is -0.259 e. The largest absolute Gasteiger partial charge is 0.354 e. The highest BCUT2D eigenvalue weighted by molar-refractivity contribution is 9.10. The van der Waals surface area contributed by atoms with Crippen molar-refractivity contribution in [3.05, 3.63) is 60.5 Å². The molecule has 0 spiro atoms. The fraction of sp³-hybridized carbons (Fsp3) is 0.235. The summed E-state index contributed by atoms with van der Waals surface area (Å²) in [5.41, 5.74) is 1.95. The molecule has 0 unspecified atom stereocenters. The SMILES string of the molecule is Cc1ccnc(C(C)C)c1-n1c(=O)nc(Cl)c2c(Br)c(F)c(Cl)cc21. The van der Waals surface area contributed by atoms with Crippen molar-refractivity contribution in [1.29, 1.82) is 0 Å². The molecule has 3 rings (SSSR count). The number of pyridine rings is 1. The van der Waals surface area contributed by atoms with E-state index in [0.717, 1.165) is 11.3 Å². The molecule has 130 valence electrons. The molecule has 0 atom stereocenters. The average Bonchev–Trinajstić information content (AvgIpc) is 2.53. The van der Waals surface area contributed by atoms with Crippen LogP contribution in [-0.2, 0) is 0 Å². The Morgan fingerprint density at radius 2 is 2.00 bits per heavy atom. The second-order valence-corrected chi connectivity index (χ2v) is 7.48. The van der Waals surface area contributed by atoms with Crippen LogP contribution in [0.2, 0.25) is 10.2 Å². The molecule has 25 heavy (non-hydrogen) atoms. The summed E-state index contributed by atoms with van der Waals surface area (Å²) in [5.74, 6) is -0.595. The average molecular weight is 445 g/mol. The molecular weight excluding hydrogens is 432 g/mol. The van der Waals surface area contributed by atoms with E-state index >= 15 is 0 Å². The van der Waals surface area contributed by atoms with Crippen LogP contribution in [0, 0.1) is 12.7 Å². The van der Waals surface area contributed by atoms with Gasteiger partial charge < -0.3 is 0 Å². The zero-order chi connectivity index (χ0) is 18.5. The summed E-state index contributed by atoms with van der Waals surface area (Å²) in [7, 11) is 0. The van der Waals surface area contributed by atoms with Crippen molar-refractivity contribution in [1.82, 2.24) is 14.5 Å². The molecule has 0 aliphatic rings. The fourth-order valence-corrected chi connectivity index (χ4v) is 4.04. The van der Waals surface area contributed by atoms with Crippen LogP contribution < -0.4 is 5.69 Å². The third-order valence-electron chi connectivity index (χ3n) is 3.90. The summed E-state index contributed by atoms with van der Waals surface area (Å²) in [6.45, 7) is 5.82. The molecule has 2 aromatic heterocycles. The summed E-state index contributed by atoms with van der Waals surface area (Å²) >= 11 is 15.3. The number of hydrogen-bond donors (Lipinski definition) is 0. The fourth-order valence-electron chi connectivity index (χ4n) is 2.75. The predicted molar refractivity (Wildman–Crippen MR) is 102 cm³/mol. The molecule has 0 aliphatic carbocycles. The molecule has 0 fully saturated rings. The Morgan fingerprint density at radius 1 is 1.32 bits per heavy atom. The van der Waals surface area contributed by atoms with Crippen molar-refractivity contribution in [2.45, 2.75) is 26.7 Å². The van der Waals surface area contributed by atoms with Crippen LogP contribution in [0.5, 0.6) is 0 Å². The quantitative estimate of drug-likeness (QED) is 0.391. The molecule has 1 aromatic carbocycles. The molecule has 3 aromatic rings. The Labute approximate surface area is 161 Å². The summed E-state index contributed by atoms with van der Waals surface area (Å²) in [4.78, 5) is 20.9. The lowest BCUT2D eigenvalue weighted by molar-refractivity contribution is 0.623. The van der Waals surface area contributed by atoms with Gasteiger partial charge in [-0.05, 0) is 46.5 Å².